The number of methoxy groups -OCH3 is 1. The van der Waals surface area contributed by atoms with E-state index in [2.05, 4.69) is 25.9 Å². The zero-order chi connectivity index (χ0) is 25.9. The fourth-order valence-electron chi connectivity index (χ4n) is 5.01. The minimum absolute atomic E-state index is 0.0253. The molecule has 1 saturated heterocycles. The van der Waals surface area contributed by atoms with E-state index in [1.54, 1.807) is 24.5 Å². The monoisotopic (exact) mass is 507 g/mol. The molecule has 37 heavy (non-hydrogen) atoms. The van der Waals surface area contributed by atoms with E-state index < -0.39 is 5.82 Å². The smallest absolute Gasteiger partial charge is 0.255 e. The molecule has 3 aromatic rings. The molecule has 0 radical (unpaired) electrons. The Morgan fingerprint density at radius 1 is 1.30 bits per heavy atom. The van der Waals surface area contributed by atoms with Gasteiger partial charge in [-0.15, -0.1) is 0 Å². The van der Waals surface area contributed by atoms with Crippen LogP contribution < -0.4 is 25.4 Å². The molecule has 5 rings (SSSR count). The molecule has 1 fully saturated rings. The number of amides is 1. The minimum atomic E-state index is -0.534. The lowest BCUT2D eigenvalue weighted by atomic mass is 9.87. The summed E-state index contributed by atoms with van der Waals surface area (Å²) >= 11 is 0. The van der Waals surface area contributed by atoms with Crippen molar-refractivity contribution < 1.29 is 23.5 Å². The average molecular weight is 508 g/mol. The third-order valence-electron chi connectivity index (χ3n) is 7.08. The lowest BCUT2D eigenvalue weighted by molar-refractivity contribution is -0.111. The van der Waals surface area contributed by atoms with Gasteiger partial charge in [0.2, 0.25) is 0 Å². The van der Waals surface area contributed by atoms with Crippen LogP contribution in [0.5, 0.6) is 11.5 Å². The predicted molar refractivity (Wildman–Crippen MR) is 137 cm³/mol. The summed E-state index contributed by atoms with van der Waals surface area (Å²) in [5.74, 6) is -0.454. The van der Waals surface area contributed by atoms with Crippen LogP contribution in [-0.2, 0) is 4.79 Å². The summed E-state index contributed by atoms with van der Waals surface area (Å²) in [6, 6.07) is 6.35. The molecule has 2 aliphatic heterocycles. The molecular formula is C27H30FN5O4. The number of aromatic nitrogens is 2. The highest BCUT2D eigenvalue weighted by molar-refractivity contribution is 6.07. The number of benzene rings is 1. The Balaban J connectivity index is 1.64. The molecule has 3 atom stereocenters. The van der Waals surface area contributed by atoms with E-state index in [0.717, 1.165) is 25.8 Å². The quantitative estimate of drug-likeness (QED) is 0.327. The fraction of sp³-hybridized carbons (Fsp3) is 0.370. The molecule has 9 nitrogen and oxygen atoms in total. The van der Waals surface area contributed by atoms with Crippen molar-refractivity contribution in [2.45, 2.75) is 19.3 Å². The van der Waals surface area contributed by atoms with Gasteiger partial charge in [-0.3, -0.25) is 9.78 Å². The van der Waals surface area contributed by atoms with E-state index in [1.165, 1.54) is 13.2 Å². The highest BCUT2D eigenvalue weighted by Crippen LogP contribution is 2.44. The molecule has 4 heterocycles. The largest absolute Gasteiger partial charge is 0.492 e. The third kappa shape index (κ3) is 4.76. The van der Waals surface area contributed by atoms with Gasteiger partial charge in [-0.2, -0.15) is 0 Å². The summed E-state index contributed by atoms with van der Waals surface area (Å²) in [5.41, 5.74) is 3.08. The number of nitrogens with zero attached hydrogens (tertiary/aromatic N) is 1. The molecule has 0 spiro atoms. The summed E-state index contributed by atoms with van der Waals surface area (Å²) in [6.45, 7) is 4.52. The molecule has 10 heteroatoms. The Labute approximate surface area is 214 Å². The second-order valence-electron chi connectivity index (χ2n) is 9.46. The van der Waals surface area contributed by atoms with Crippen LogP contribution in [0, 0.1) is 17.7 Å². The molecule has 3 unspecified atom stereocenters. The number of hydrogen-bond donors (Lipinski definition) is 4. The molecule has 0 saturated carbocycles. The molecule has 1 amide bonds. The highest BCUT2D eigenvalue weighted by Gasteiger charge is 2.36. The molecular weight excluding hydrogens is 477 g/mol. The van der Waals surface area contributed by atoms with Crippen LogP contribution in [0.4, 0.5) is 15.8 Å². The maximum atomic E-state index is 14.5. The van der Waals surface area contributed by atoms with Gasteiger partial charge in [0.25, 0.3) is 5.91 Å². The number of para-hydroxylation sites is 1. The van der Waals surface area contributed by atoms with Crippen LogP contribution in [0.2, 0.25) is 0 Å². The minimum Gasteiger partial charge on any atom is -0.492 e. The summed E-state index contributed by atoms with van der Waals surface area (Å²) in [7, 11) is 1.39. The normalized spacial score (nSPS) is 19.6. The van der Waals surface area contributed by atoms with Crippen molar-refractivity contribution in [1.82, 2.24) is 20.6 Å². The van der Waals surface area contributed by atoms with Gasteiger partial charge in [-0.25, -0.2) is 4.39 Å². The van der Waals surface area contributed by atoms with Crippen LogP contribution in [0.3, 0.4) is 0 Å². The number of fused-ring (bicyclic) bond motifs is 1. The molecule has 194 valence electrons. The van der Waals surface area contributed by atoms with E-state index in [9.17, 15) is 14.0 Å². The van der Waals surface area contributed by atoms with Gasteiger partial charge in [0.15, 0.2) is 11.6 Å². The number of H-pyrrole nitrogens is 1. The second kappa shape index (κ2) is 10.6. The number of ether oxygens (including phenoxy) is 2. The van der Waals surface area contributed by atoms with E-state index in [4.69, 9.17) is 9.47 Å². The number of rotatable bonds is 9. The number of pyridine rings is 1. The Morgan fingerprint density at radius 2 is 2.16 bits per heavy atom. The van der Waals surface area contributed by atoms with Gasteiger partial charge in [-0.1, -0.05) is 13.0 Å². The van der Waals surface area contributed by atoms with Crippen molar-refractivity contribution in [2.24, 2.45) is 11.8 Å². The molecule has 0 bridgehead atoms. The van der Waals surface area contributed by atoms with Crippen LogP contribution >= 0.6 is 0 Å². The van der Waals surface area contributed by atoms with Gasteiger partial charge in [0.1, 0.15) is 12.0 Å². The number of aromatic amines is 1. The molecule has 1 aromatic carbocycles. The first-order valence-electron chi connectivity index (χ1n) is 12.4. The van der Waals surface area contributed by atoms with Crippen LogP contribution in [0.25, 0.3) is 11.3 Å². The lowest BCUT2D eigenvalue weighted by Crippen LogP contribution is -2.37. The van der Waals surface area contributed by atoms with Crippen LogP contribution in [0.15, 0.2) is 36.7 Å². The van der Waals surface area contributed by atoms with Crippen molar-refractivity contribution in [3.8, 4) is 22.8 Å². The topological polar surface area (TPSA) is 117 Å². The number of halogens is 1. The van der Waals surface area contributed by atoms with Crippen molar-refractivity contribution >= 4 is 23.6 Å². The maximum absolute atomic E-state index is 14.5. The summed E-state index contributed by atoms with van der Waals surface area (Å²) < 4.78 is 26.0. The van der Waals surface area contributed by atoms with Gasteiger partial charge >= 0.3 is 0 Å². The molecule has 2 aromatic heterocycles. The van der Waals surface area contributed by atoms with E-state index in [1.807, 2.05) is 13.0 Å². The summed E-state index contributed by atoms with van der Waals surface area (Å²) in [5, 5.41) is 9.48. The number of carbonyl (C=O) groups is 2. The first kappa shape index (κ1) is 24.8. The Kier molecular flexibility index (Phi) is 7.09. The number of carbonyl (C=O) groups excluding carboxylic acids is 2. The highest BCUT2D eigenvalue weighted by atomic mass is 19.1. The van der Waals surface area contributed by atoms with Gasteiger partial charge in [0, 0.05) is 48.3 Å². The predicted octanol–water partition coefficient (Wildman–Crippen LogP) is 3.62. The van der Waals surface area contributed by atoms with Crippen molar-refractivity contribution in [1.29, 1.82) is 0 Å². The Bertz CT molecular complexity index is 1300. The number of hydrogen-bond acceptors (Lipinski definition) is 7. The number of anilines is 2. The van der Waals surface area contributed by atoms with Crippen molar-refractivity contribution in [2.75, 3.05) is 38.7 Å². The van der Waals surface area contributed by atoms with Crippen molar-refractivity contribution in [3.05, 3.63) is 53.7 Å². The SMILES string of the molecule is COc1c(F)cccc1Nc1c(-c2ccncc2OCC2CCNC2)[nH]c2c1C(=O)NCC2C(C)C=O. The van der Waals surface area contributed by atoms with Gasteiger partial charge < -0.3 is 35.2 Å². The Hall–Kier alpha value is -3.92. The van der Waals surface area contributed by atoms with Gasteiger partial charge in [0.05, 0.1) is 42.5 Å². The summed E-state index contributed by atoms with van der Waals surface area (Å²) in [6.07, 6.45) is 5.21. The van der Waals surface area contributed by atoms with Crippen LogP contribution in [-0.4, -0.2) is 55.5 Å². The standard InChI is InChI=1S/C27H30FN5O4/c1-15(13-34)18-11-31-27(35)22-23(18)33-24(25(22)32-20-5-3-4-19(28)26(20)36-2)17-7-9-30-12-21(17)37-14-16-6-8-29-10-16/h3-5,7,9,12-13,15-16,18,29,32-33H,6,8,10-11,14H2,1-2H3,(H,31,35). The van der Waals surface area contributed by atoms with Crippen molar-refractivity contribution in [3.63, 3.8) is 0 Å². The average Bonchev–Trinajstić information content (AvgIpc) is 3.56. The zero-order valence-corrected chi connectivity index (χ0v) is 20.8. The fourth-order valence-corrected chi connectivity index (χ4v) is 5.01. The Morgan fingerprint density at radius 3 is 2.92 bits per heavy atom. The number of aldehydes is 1. The zero-order valence-electron chi connectivity index (χ0n) is 20.8. The van der Waals surface area contributed by atoms with E-state index >= 15 is 0 Å². The van der Waals surface area contributed by atoms with Gasteiger partial charge in [-0.05, 0) is 31.2 Å². The first-order valence-corrected chi connectivity index (χ1v) is 12.4. The lowest BCUT2D eigenvalue weighted by Gasteiger charge is -2.26. The third-order valence-corrected chi connectivity index (χ3v) is 7.08. The number of nitrogens with one attached hydrogen (secondary N) is 4. The van der Waals surface area contributed by atoms with E-state index in [0.29, 0.717) is 58.7 Å². The van der Waals surface area contributed by atoms with Crippen LogP contribution in [0.1, 0.15) is 35.3 Å². The van der Waals surface area contributed by atoms with E-state index in [-0.39, 0.29) is 23.5 Å². The molecule has 2 aliphatic rings. The molecule has 0 aliphatic carbocycles. The first-order chi connectivity index (χ1) is 18.0. The molecule has 4 N–H and O–H groups in total. The maximum Gasteiger partial charge on any atom is 0.255 e. The summed E-state index contributed by atoms with van der Waals surface area (Å²) in [4.78, 5) is 32.6. The second-order valence-corrected chi connectivity index (χ2v) is 9.46.